The van der Waals surface area contributed by atoms with Crippen LogP contribution in [0.15, 0.2) is 30.3 Å². The van der Waals surface area contributed by atoms with Crippen molar-refractivity contribution in [2.75, 3.05) is 13.2 Å². The van der Waals surface area contributed by atoms with Crippen molar-refractivity contribution in [3.63, 3.8) is 0 Å². The molecule has 0 heterocycles. The molecule has 19 heavy (non-hydrogen) atoms. The molecule has 1 unspecified atom stereocenters. The van der Waals surface area contributed by atoms with Crippen molar-refractivity contribution in [3.8, 4) is 5.75 Å². The van der Waals surface area contributed by atoms with Crippen LogP contribution in [0.1, 0.15) is 38.5 Å². The van der Waals surface area contributed by atoms with E-state index < -0.39 is 6.10 Å². The van der Waals surface area contributed by atoms with Crippen molar-refractivity contribution < 1.29 is 9.84 Å². The van der Waals surface area contributed by atoms with Gasteiger partial charge in [0.05, 0.1) is 6.10 Å². The number of hydrogen-bond donors (Lipinski definition) is 2. The molecule has 0 aliphatic heterocycles. The zero-order chi connectivity index (χ0) is 13.3. The summed E-state index contributed by atoms with van der Waals surface area (Å²) in [7, 11) is 0. The van der Waals surface area contributed by atoms with Crippen molar-refractivity contribution in [3.05, 3.63) is 30.3 Å². The molecule has 3 heteroatoms. The number of ether oxygens (including phenoxy) is 1. The van der Waals surface area contributed by atoms with Crippen LogP contribution in [0.4, 0.5) is 0 Å². The minimum atomic E-state index is -0.392. The molecule has 0 radical (unpaired) electrons. The fourth-order valence-corrected chi connectivity index (χ4v) is 2.55. The molecule has 1 atom stereocenters. The number of para-hydroxylation sites is 1. The van der Waals surface area contributed by atoms with Crippen LogP contribution in [0.25, 0.3) is 0 Å². The van der Waals surface area contributed by atoms with Gasteiger partial charge in [-0.1, -0.05) is 37.5 Å². The van der Waals surface area contributed by atoms with E-state index in [2.05, 4.69) is 5.32 Å². The van der Waals surface area contributed by atoms with E-state index in [1.165, 1.54) is 32.1 Å². The second kappa shape index (κ2) is 8.18. The quantitative estimate of drug-likeness (QED) is 0.795. The highest BCUT2D eigenvalue weighted by Gasteiger charge is 2.13. The average Bonchev–Trinajstić information content (AvgIpc) is 2.47. The Balaban J connectivity index is 1.55. The fourth-order valence-electron chi connectivity index (χ4n) is 2.55. The van der Waals surface area contributed by atoms with Gasteiger partial charge in [-0.15, -0.1) is 0 Å². The summed E-state index contributed by atoms with van der Waals surface area (Å²) in [5.74, 6) is 0.821. The first-order chi connectivity index (χ1) is 9.34. The molecule has 3 nitrogen and oxygen atoms in total. The standard InChI is InChI=1S/C16H25NO2/c18-15(13-19-16-9-5-2-6-10-16)11-12-17-14-7-3-1-4-8-14/h2,5-6,9-10,14-15,17-18H,1,3-4,7-8,11-13H2. The van der Waals surface area contributed by atoms with E-state index in [0.29, 0.717) is 12.6 Å². The first-order valence-corrected chi connectivity index (χ1v) is 7.44. The van der Waals surface area contributed by atoms with E-state index >= 15 is 0 Å². The van der Waals surface area contributed by atoms with Gasteiger partial charge in [-0.05, 0) is 37.9 Å². The summed E-state index contributed by atoms with van der Waals surface area (Å²) in [6.07, 6.45) is 7.01. The third-order valence-electron chi connectivity index (χ3n) is 3.70. The van der Waals surface area contributed by atoms with Crippen LogP contribution < -0.4 is 10.1 Å². The van der Waals surface area contributed by atoms with Gasteiger partial charge in [0, 0.05) is 6.04 Å². The number of aliphatic hydroxyl groups is 1. The summed E-state index contributed by atoms with van der Waals surface area (Å²) in [6.45, 7) is 1.25. The molecule has 1 fully saturated rings. The molecule has 2 rings (SSSR count). The van der Waals surface area contributed by atoms with Crippen molar-refractivity contribution in [2.24, 2.45) is 0 Å². The average molecular weight is 263 g/mol. The Kier molecular flexibility index (Phi) is 6.18. The van der Waals surface area contributed by atoms with Crippen LogP contribution in [-0.2, 0) is 0 Å². The number of benzene rings is 1. The lowest BCUT2D eigenvalue weighted by Gasteiger charge is -2.23. The van der Waals surface area contributed by atoms with E-state index in [4.69, 9.17) is 4.74 Å². The molecule has 1 aromatic carbocycles. The van der Waals surface area contributed by atoms with Crippen LogP contribution in [0.3, 0.4) is 0 Å². The highest BCUT2D eigenvalue weighted by Crippen LogP contribution is 2.17. The Morgan fingerprint density at radius 3 is 2.63 bits per heavy atom. The lowest BCUT2D eigenvalue weighted by molar-refractivity contribution is 0.0987. The fraction of sp³-hybridized carbons (Fsp3) is 0.625. The van der Waals surface area contributed by atoms with Gasteiger partial charge in [0.15, 0.2) is 0 Å². The summed E-state index contributed by atoms with van der Waals surface area (Å²) in [5.41, 5.74) is 0. The second-order valence-corrected chi connectivity index (χ2v) is 5.36. The topological polar surface area (TPSA) is 41.5 Å². The Morgan fingerprint density at radius 2 is 1.89 bits per heavy atom. The summed E-state index contributed by atoms with van der Waals surface area (Å²) < 4.78 is 5.53. The molecule has 1 aromatic rings. The first-order valence-electron chi connectivity index (χ1n) is 7.44. The van der Waals surface area contributed by atoms with Crippen LogP contribution in [-0.4, -0.2) is 30.4 Å². The summed E-state index contributed by atoms with van der Waals surface area (Å²) in [6, 6.07) is 10.3. The van der Waals surface area contributed by atoms with Crippen molar-refractivity contribution in [1.29, 1.82) is 0 Å². The maximum absolute atomic E-state index is 9.87. The van der Waals surface area contributed by atoms with Gasteiger partial charge in [-0.3, -0.25) is 0 Å². The smallest absolute Gasteiger partial charge is 0.119 e. The summed E-state index contributed by atoms with van der Waals surface area (Å²) >= 11 is 0. The molecule has 0 bridgehead atoms. The Bertz CT molecular complexity index is 336. The third-order valence-corrected chi connectivity index (χ3v) is 3.70. The molecule has 0 amide bonds. The lowest BCUT2D eigenvalue weighted by Crippen LogP contribution is -2.34. The maximum atomic E-state index is 9.87. The third kappa shape index (κ3) is 5.62. The molecule has 106 valence electrons. The number of nitrogens with one attached hydrogen (secondary N) is 1. The van der Waals surface area contributed by atoms with Gasteiger partial charge < -0.3 is 15.2 Å². The first kappa shape index (κ1) is 14.4. The Labute approximate surface area is 116 Å². The highest BCUT2D eigenvalue weighted by atomic mass is 16.5. The Morgan fingerprint density at radius 1 is 1.16 bits per heavy atom. The molecule has 0 aromatic heterocycles. The molecular weight excluding hydrogens is 238 g/mol. The summed E-state index contributed by atoms with van der Waals surface area (Å²) in [4.78, 5) is 0. The van der Waals surface area contributed by atoms with Crippen LogP contribution in [0.5, 0.6) is 5.75 Å². The normalized spacial score (nSPS) is 18.2. The number of rotatable bonds is 7. The number of hydrogen-bond acceptors (Lipinski definition) is 3. The molecular formula is C16H25NO2. The molecule has 0 spiro atoms. The predicted molar refractivity (Wildman–Crippen MR) is 77.4 cm³/mol. The zero-order valence-corrected chi connectivity index (χ0v) is 11.6. The Hall–Kier alpha value is -1.06. The van der Waals surface area contributed by atoms with Gasteiger partial charge in [0.25, 0.3) is 0 Å². The van der Waals surface area contributed by atoms with E-state index in [9.17, 15) is 5.11 Å². The monoisotopic (exact) mass is 263 g/mol. The predicted octanol–water partition coefficient (Wildman–Crippen LogP) is 2.74. The van der Waals surface area contributed by atoms with E-state index in [0.717, 1.165) is 18.7 Å². The van der Waals surface area contributed by atoms with Crippen LogP contribution in [0.2, 0.25) is 0 Å². The van der Waals surface area contributed by atoms with Gasteiger partial charge in [0.2, 0.25) is 0 Å². The highest BCUT2D eigenvalue weighted by molar-refractivity contribution is 5.20. The van der Waals surface area contributed by atoms with E-state index in [1.54, 1.807) is 0 Å². The molecule has 0 saturated heterocycles. The van der Waals surface area contributed by atoms with Crippen LogP contribution >= 0.6 is 0 Å². The molecule has 1 aliphatic rings. The number of aliphatic hydroxyl groups excluding tert-OH is 1. The van der Waals surface area contributed by atoms with Crippen LogP contribution in [0, 0.1) is 0 Å². The van der Waals surface area contributed by atoms with E-state index in [-0.39, 0.29) is 0 Å². The zero-order valence-electron chi connectivity index (χ0n) is 11.6. The molecule has 2 N–H and O–H groups in total. The van der Waals surface area contributed by atoms with Crippen molar-refractivity contribution >= 4 is 0 Å². The minimum Gasteiger partial charge on any atom is -0.491 e. The van der Waals surface area contributed by atoms with Gasteiger partial charge >= 0.3 is 0 Å². The van der Waals surface area contributed by atoms with Crippen molar-refractivity contribution in [1.82, 2.24) is 5.32 Å². The largest absolute Gasteiger partial charge is 0.491 e. The van der Waals surface area contributed by atoms with Gasteiger partial charge in [-0.2, -0.15) is 0 Å². The molecule has 1 aliphatic carbocycles. The lowest BCUT2D eigenvalue weighted by atomic mass is 9.95. The summed E-state index contributed by atoms with van der Waals surface area (Å²) in [5, 5.41) is 13.4. The maximum Gasteiger partial charge on any atom is 0.119 e. The SMILES string of the molecule is OC(CCNC1CCCCC1)COc1ccccc1. The van der Waals surface area contributed by atoms with Crippen molar-refractivity contribution in [2.45, 2.75) is 50.7 Å². The minimum absolute atomic E-state index is 0.371. The molecule has 1 saturated carbocycles. The van der Waals surface area contributed by atoms with Gasteiger partial charge in [0.1, 0.15) is 12.4 Å². The van der Waals surface area contributed by atoms with E-state index in [1.807, 2.05) is 30.3 Å². The second-order valence-electron chi connectivity index (χ2n) is 5.36. The van der Waals surface area contributed by atoms with Gasteiger partial charge in [-0.25, -0.2) is 0 Å².